The van der Waals surface area contributed by atoms with E-state index < -0.39 is 0 Å². The Kier molecular flexibility index (Phi) is 6.08. The van der Waals surface area contributed by atoms with Crippen molar-refractivity contribution in [3.63, 3.8) is 0 Å². The smallest absolute Gasteiger partial charge is 0.311 e. The van der Waals surface area contributed by atoms with E-state index in [0.29, 0.717) is 6.61 Å². The van der Waals surface area contributed by atoms with Gasteiger partial charge in [0.15, 0.2) is 0 Å². The summed E-state index contributed by atoms with van der Waals surface area (Å²) in [6.07, 6.45) is 1.86. The summed E-state index contributed by atoms with van der Waals surface area (Å²) >= 11 is 0. The van der Waals surface area contributed by atoms with E-state index in [0.717, 1.165) is 12.8 Å². The number of esters is 1. The number of rotatable bonds is 6. The fraction of sp³-hybridized carbons (Fsp3) is 0.909. The van der Waals surface area contributed by atoms with Gasteiger partial charge in [-0.1, -0.05) is 26.1 Å². The molecular formula is C11H23O2Si. The van der Waals surface area contributed by atoms with Gasteiger partial charge in [-0.3, -0.25) is 4.79 Å². The summed E-state index contributed by atoms with van der Waals surface area (Å²) in [5, 5.41) is 0. The van der Waals surface area contributed by atoms with Crippen molar-refractivity contribution in [1.82, 2.24) is 0 Å². The first-order valence-corrected chi connectivity index (χ1v) is 8.07. The second kappa shape index (κ2) is 6.22. The van der Waals surface area contributed by atoms with Crippen molar-refractivity contribution in [2.24, 2.45) is 5.41 Å². The van der Waals surface area contributed by atoms with Crippen LogP contribution in [0.4, 0.5) is 0 Å². The zero-order valence-corrected chi connectivity index (χ0v) is 11.1. The molecule has 0 rings (SSSR count). The minimum Gasteiger partial charge on any atom is -0.465 e. The van der Waals surface area contributed by atoms with Crippen LogP contribution >= 0.6 is 0 Å². The fourth-order valence-corrected chi connectivity index (χ4v) is 1.78. The summed E-state index contributed by atoms with van der Waals surface area (Å²) in [6.45, 7) is 11.0. The van der Waals surface area contributed by atoms with Crippen LogP contribution in [0.1, 0.15) is 33.6 Å². The van der Waals surface area contributed by atoms with Gasteiger partial charge in [-0.15, -0.1) is 0 Å². The van der Waals surface area contributed by atoms with E-state index in [1.807, 2.05) is 20.8 Å². The third kappa shape index (κ3) is 5.42. The van der Waals surface area contributed by atoms with E-state index in [9.17, 15) is 4.79 Å². The van der Waals surface area contributed by atoms with Gasteiger partial charge in [-0.2, -0.15) is 0 Å². The zero-order chi connectivity index (χ0) is 11.2. The lowest BCUT2D eigenvalue weighted by Crippen LogP contribution is -2.26. The number of carbonyl (C=O) groups excluding carboxylic acids is 1. The van der Waals surface area contributed by atoms with Gasteiger partial charge in [-0.05, 0) is 26.7 Å². The molecule has 0 bridgehead atoms. The van der Waals surface area contributed by atoms with Crippen molar-refractivity contribution in [1.29, 1.82) is 0 Å². The van der Waals surface area contributed by atoms with Crippen LogP contribution in [0, 0.1) is 5.41 Å². The third-order valence-corrected chi connectivity index (χ3v) is 3.84. The topological polar surface area (TPSA) is 26.3 Å². The second-order valence-electron chi connectivity index (χ2n) is 4.68. The molecule has 1 radical (unpaired) electrons. The highest BCUT2D eigenvalue weighted by Gasteiger charge is 2.26. The lowest BCUT2D eigenvalue weighted by molar-refractivity contribution is -0.154. The SMILES string of the molecule is CCC(C)(C)C(=O)OCCC[Si](C)C. The highest BCUT2D eigenvalue weighted by molar-refractivity contribution is 6.55. The van der Waals surface area contributed by atoms with Crippen LogP contribution in [0.2, 0.25) is 19.1 Å². The Labute approximate surface area is 89.6 Å². The minimum absolute atomic E-state index is 0.0546. The van der Waals surface area contributed by atoms with Crippen molar-refractivity contribution in [2.75, 3.05) is 6.61 Å². The van der Waals surface area contributed by atoms with E-state index >= 15 is 0 Å². The molecule has 0 aromatic carbocycles. The van der Waals surface area contributed by atoms with Crippen molar-refractivity contribution in [3.05, 3.63) is 0 Å². The van der Waals surface area contributed by atoms with Crippen molar-refractivity contribution < 1.29 is 9.53 Å². The van der Waals surface area contributed by atoms with Gasteiger partial charge in [0.25, 0.3) is 0 Å². The average molecular weight is 215 g/mol. The quantitative estimate of drug-likeness (QED) is 0.386. The Morgan fingerprint density at radius 2 is 1.93 bits per heavy atom. The largest absolute Gasteiger partial charge is 0.465 e. The molecule has 0 aromatic heterocycles. The third-order valence-electron chi connectivity index (χ3n) is 2.49. The standard InChI is InChI=1S/C11H23O2Si/c1-6-11(2,3)10(12)13-8-7-9-14(4)5/h6-9H2,1-5H3. The fourth-order valence-electron chi connectivity index (χ4n) is 0.930. The monoisotopic (exact) mass is 215 g/mol. The molecule has 0 aliphatic heterocycles. The van der Waals surface area contributed by atoms with Crippen LogP contribution in [0.3, 0.4) is 0 Å². The first-order valence-electron chi connectivity index (χ1n) is 5.36. The van der Waals surface area contributed by atoms with E-state index in [1.165, 1.54) is 6.04 Å². The summed E-state index contributed by atoms with van der Waals surface area (Å²) in [5.41, 5.74) is -0.313. The molecule has 0 fully saturated rings. The average Bonchev–Trinajstić information content (AvgIpc) is 2.11. The molecule has 0 atom stereocenters. The second-order valence-corrected chi connectivity index (χ2v) is 7.60. The maximum atomic E-state index is 11.5. The van der Waals surface area contributed by atoms with E-state index in [1.54, 1.807) is 0 Å². The summed E-state index contributed by atoms with van der Waals surface area (Å²) in [4.78, 5) is 11.5. The van der Waals surface area contributed by atoms with Gasteiger partial charge < -0.3 is 4.74 Å². The van der Waals surface area contributed by atoms with E-state index in [2.05, 4.69) is 13.1 Å². The molecule has 0 N–H and O–H groups in total. The number of ether oxygens (including phenoxy) is 1. The van der Waals surface area contributed by atoms with Gasteiger partial charge in [0.05, 0.1) is 12.0 Å². The highest BCUT2D eigenvalue weighted by atomic mass is 28.3. The molecule has 0 spiro atoms. The van der Waals surface area contributed by atoms with Gasteiger partial charge in [-0.25, -0.2) is 0 Å². The molecule has 0 unspecified atom stereocenters. The molecule has 0 aromatic rings. The van der Waals surface area contributed by atoms with Crippen molar-refractivity contribution in [3.8, 4) is 0 Å². The zero-order valence-electron chi connectivity index (χ0n) is 10.1. The molecule has 83 valence electrons. The number of hydrogen-bond acceptors (Lipinski definition) is 2. The summed E-state index contributed by atoms with van der Waals surface area (Å²) in [5.74, 6) is -0.0546. The molecule has 0 saturated carbocycles. The lowest BCUT2D eigenvalue weighted by atomic mass is 9.91. The van der Waals surface area contributed by atoms with Crippen LogP contribution in [0.25, 0.3) is 0 Å². The Hall–Kier alpha value is -0.313. The maximum Gasteiger partial charge on any atom is 0.311 e. The Morgan fingerprint density at radius 1 is 1.36 bits per heavy atom. The Balaban J connectivity index is 3.64. The van der Waals surface area contributed by atoms with Crippen molar-refractivity contribution in [2.45, 2.75) is 52.8 Å². The predicted octanol–water partition coefficient (Wildman–Crippen LogP) is 3.11. The van der Waals surface area contributed by atoms with E-state index in [-0.39, 0.29) is 20.2 Å². The normalized spacial score (nSPS) is 11.9. The summed E-state index contributed by atoms with van der Waals surface area (Å²) in [6, 6.07) is 1.23. The van der Waals surface area contributed by atoms with Gasteiger partial charge in [0.2, 0.25) is 0 Å². The summed E-state index contributed by atoms with van der Waals surface area (Å²) in [7, 11) is -0.164. The molecule has 0 aliphatic carbocycles. The Bertz CT molecular complexity index is 176. The molecule has 3 heteroatoms. The minimum atomic E-state index is -0.313. The number of carbonyl (C=O) groups is 1. The predicted molar refractivity (Wildman–Crippen MR) is 61.9 cm³/mol. The van der Waals surface area contributed by atoms with Crippen LogP contribution < -0.4 is 0 Å². The first kappa shape index (κ1) is 13.7. The van der Waals surface area contributed by atoms with Gasteiger partial charge >= 0.3 is 5.97 Å². The van der Waals surface area contributed by atoms with Gasteiger partial charge in [0.1, 0.15) is 0 Å². The summed E-state index contributed by atoms with van der Waals surface area (Å²) < 4.78 is 5.23. The molecule has 0 amide bonds. The first-order chi connectivity index (χ1) is 6.40. The molecule has 0 aliphatic rings. The Morgan fingerprint density at radius 3 is 2.36 bits per heavy atom. The van der Waals surface area contributed by atoms with Crippen LogP contribution in [0.15, 0.2) is 0 Å². The lowest BCUT2D eigenvalue weighted by Gasteiger charge is -2.20. The van der Waals surface area contributed by atoms with Gasteiger partial charge in [0, 0.05) is 8.80 Å². The van der Waals surface area contributed by atoms with Crippen LogP contribution in [-0.2, 0) is 9.53 Å². The molecule has 0 heterocycles. The van der Waals surface area contributed by atoms with Crippen molar-refractivity contribution >= 4 is 14.8 Å². The molecule has 0 saturated heterocycles. The maximum absolute atomic E-state index is 11.5. The molecule has 2 nitrogen and oxygen atoms in total. The molecular weight excluding hydrogens is 192 g/mol. The number of hydrogen-bond donors (Lipinski definition) is 0. The highest BCUT2D eigenvalue weighted by Crippen LogP contribution is 2.21. The van der Waals surface area contributed by atoms with E-state index in [4.69, 9.17) is 4.74 Å². The molecule has 14 heavy (non-hydrogen) atoms. The van der Waals surface area contributed by atoms with Crippen LogP contribution in [0.5, 0.6) is 0 Å². The van der Waals surface area contributed by atoms with Crippen LogP contribution in [-0.4, -0.2) is 21.4 Å².